The van der Waals surface area contributed by atoms with Crippen molar-refractivity contribution in [2.75, 3.05) is 26.4 Å². The van der Waals surface area contributed by atoms with E-state index in [-0.39, 0.29) is 12.0 Å². The number of carbonyl (C=O) groups excluding carboxylic acids is 1. The zero-order chi connectivity index (χ0) is 13.9. The third-order valence-corrected chi connectivity index (χ3v) is 2.63. The first-order chi connectivity index (χ1) is 9.24. The Morgan fingerprint density at radius 2 is 2.21 bits per heavy atom. The summed E-state index contributed by atoms with van der Waals surface area (Å²) in [4.78, 5) is 15.6. The van der Waals surface area contributed by atoms with E-state index in [1.165, 1.54) is 0 Å². The van der Waals surface area contributed by atoms with Gasteiger partial charge in [0.25, 0.3) is 5.91 Å². The second kappa shape index (κ2) is 9.47. The molecule has 0 bridgehead atoms. The molecule has 0 aromatic carbocycles. The van der Waals surface area contributed by atoms with E-state index in [9.17, 15) is 4.79 Å². The van der Waals surface area contributed by atoms with Gasteiger partial charge in [-0.05, 0) is 25.5 Å². The molecule has 0 radical (unpaired) electrons. The summed E-state index contributed by atoms with van der Waals surface area (Å²) < 4.78 is 10.8. The molecule has 0 fully saturated rings. The predicted octanol–water partition coefficient (Wildman–Crippen LogP) is 1.64. The lowest BCUT2D eigenvalue weighted by molar-refractivity contribution is 0.0119. The summed E-state index contributed by atoms with van der Waals surface area (Å²) in [5.41, 5.74) is 0.419. The molecule has 0 aliphatic carbocycles. The van der Waals surface area contributed by atoms with Crippen molar-refractivity contribution in [1.29, 1.82) is 0 Å². The molecule has 1 rings (SSSR count). The van der Waals surface area contributed by atoms with Crippen molar-refractivity contribution in [2.45, 2.75) is 26.4 Å². The molecule has 0 saturated heterocycles. The lowest BCUT2D eigenvalue weighted by Gasteiger charge is -2.10. The second-order valence-corrected chi connectivity index (χ2v) is 4.17. The topological polar surface area (TPSA) is 60.5 Å². The number of aromatic nitrogens is 1. The Balaban J connectivity index is 2.01. The molecule has 0 saturated carbocycles. The summed E-state index contributed by atoms with van der Waals surface area (Å²) >= 11 is 0. The van der Waals surface area contributed by atoms with Crippen LogP contribution in [-0.4, -0.2) is 43.4 Å². The molecule has 1 aromatic heterocycles. The van der Waals surface area contributed by atoms with Crippen molar-refractivity contribution < 1.29 is 14.3 Å². The first-order valence-electron chi connectivity index (χ1n) is 6.62. The quantitative estimate of drug-likeness (QED) is 0.690. The van der Waals surface area contributed by atoms with E-state index in [1.807, 2.05) is 6.92 Å². The van der Waals surface area contributed by atoms with Crippen LogP contribution < -0.4 is 5.32 Å². The van der Waals surface area contributed by atoms with Crippen LogP contribution in [0.3, 0.4) is 0 Å². The molecule has 19 heavy (non-hydrogen) atoms. The van der Waals surface area contributed by atoms with Crippen molar-refractivity contribution in [3.8, 4) is 0 Å². The molecule has 0 aliphatic rings. The molecule has 106 valence electrons. The Kier molecular flexibility index (Phi) is 7.77. The molecule has 1 heterocycles. The monoisotopic (exact) mass is 266 g/mol. The highest BCUT2D eigenvalue weighted by atomic mass is 16.5. The van der Waals surface area contributed by atoms with E-state index in [0.29, 0.717) is 32.1 Å². The van der Waals surface area contributed by atoms with Crippen LogP contribution in [0.5, 0.6) is 0 Å². The fourth-order valence-electron chi connectivity index (χ4n) is 1.35. The largest absolute Gasteiger partial charge is 0.377 e. The number of nitrogens with zero attached hydrogens (tertiary/aromatic N) is 1. The summed E-state index contributed by atoms with van der Waals surface area (Å²) in [7, 11) is 0. The Labute approximate surface area is 114 Å². The number of ether oxygens (including phenoxy) is 2. The Bertz CT molecular complexity index is 357. The summed E-state index contributed by atoms with van der Waals surface area (Å²) in [6, 6.07) is 5.23. The number of rotatable bonds is 9. The van der Waals surface area contributed by atoms with Crippen molar-refractivity contribution in [3.63, 3.8) is 0 Å². The zero-order valence-electron chi connectivity index (χ0n) is 11.6. The first kappa shape index (κ1) is 15.6. The van der Waals surface area contributed by atoms with Gasteiger partial charge in [-0.3, -0.25) is 9.78 Å². The summed E-state index contributed by atoms with van der Waals surface area (Å²) in [5, 5.41) is 2.74. The minimum atomic E-state index is -0.181. The van der Waals surface area contributed by atoms with Gasteiger partial charge in [-0.25, -0.2) is 0 Å². The highest BCUT2D eigenvalue weighted by Gasteiger charge is 2.04. The van der Waals surface area contributed by atoms with Gasteiger partial charge in [-0.2, -0.15) is 0 Å². The van der Waals surface area contributed by atoms with E-state index in [0.717, 1.165) is 6.42 Å². The average Bonchev–Trinajstić information content (AvgIpc) is 2.46. The lowest BCUT2D eigenvalue weighted by atomic mass is 10.3. The molecule has 1 aromatic rings. The van der Waals surface area contributed by atoms with E-state index >= 15 is 0 Å². The Morgan fingerprint density at radius 1 is 1.37 bits per heavy atom. The SMILES string of the molecule is CCC(C)OCCOCCNC(=O)c1ccccn1. The van der Waals surface area contributed by atoms with Gasteiger partial charge in [0.1, 0.15) is 5.69 Å². The minimum Gasteiger partial charge on any atom is -0.377 e. The van der Waals surface area contributed by atoms with Gasteiger partial charge in [-0.1, -0.05) is 13.0 Å². The van der Waals surface area contributed by atoms with Crippen LogP contribution in [-0.2, 0) is 9.47 Å². The fourth-order valence-corrected chi connectivity index (χ4v) is 1.35. The molecule has 5 nitrogen and oxygen atoms in total. The van der Waals surface area contributed by atoms with Gasteiger partial charge in [0, 0.05) is 12.7 Å². The average molecular weight is 266 g/mol. The van der Waals surface area contributed by atoms with Gasteiger partial charge in [0.2, 0.25) is 0 Å². The standard InChI is InChI=1S/C14H22N2O3/c1-3-12(2)19-11-10-18-9-8-16-14(17)13-6-4-5-7-15-13/h4-7,12H,3,8-11H2,1-2H3,(H,16,17). The molecule has 1 N–H and O–H groups in total. The van der Waals surface area contributed by atoms with Gasteiger partial charge >= 0.3 is 0 Å². The zero-order valence-corrected chi connectivity index (χ0v) is 11.6. The van der Waals surface area contributed by atoms with Crippen LogP contribution in [0.15, 0.2) is 24.4 Å². The number of carbonyl (C=O) groups is 1. The number of hydrogen-bond acceptors (Lipinski definition) is 4. The molecule has 0 spiro atoms. The molecular weight excluding hydrogens is 244 g/mol. The number of hydrogen-bond donors (Lipinski definition) is 1. The fraction of sp³-hybridized carbons (Fsp3) is 0.571. The van der Waals surface area contributed by atoms with Crippen molar-refractivity contribution in [3.05, 3.63) is 30.1 Å². The van der Waals surface area contributed by atoms with Crippen molar-refractivity contribution in [1.82, 2.24) is 10.3 Å². The van der Waals surface area contributed by atoms with E-state index < -0.39 is 0 Å². The third kappa shape index (κ3) is 6.88. The van der Waals surface area contributed by atoms with Gasteiger partial charge < -0.3 is 14.8 Å². The Morgan fingerprint density at radius 3 is 2.89 bits per heavy atom. The van der Waals surface area contributed by atoms with E-state index in [2.05, 4.69) is 17.2 Å². The predicted molar refractivity (Wildman–Crippen MR) is 73.1 cm³/mol. The van der Waals surface area contributed by atoms with E-state index in [1.54, 1.807) is 24.4 Å². The number of pyridine rings is 1. The van der Waals surface area contributed by atoms with Crippen LogP contribution in [0, 0.1) is 0 Å². The smallest absolute Gasteiger partial charge is 0.269 e. The molecule has 5 heteroatoms. The normalized spacial score (nSPS) is 12.1. The summed E-state index contributed by atoms with van der Waals surface area (Å²) in [6.45, 7) is 6.19. The third-order valence-electron chi connectivity index (χ3n) is 2.63. The maximum atomic E-state index is 11.6. The molecule has 1 atom stereocenters. The van der Waals surface area contributed by atoms with Crippen LogP contribution in [0.25, 0.3) is 0 Å². The van der Waals surface area contributed by atoms with Gasteiger partial charge in [0.15, 0.2) is 0 Å². The maximum Gasteiger partial charge on any atom is 0.269 e. The van der Waals surface area contributed by atoms with Crippen molar-refractivity contribution >= 4 is 5.91 Å². The first-order valence-corrected chi connectivity index (χ1v) is 6.62. The minimum absolute atomic E-state index is 0.181. The summed E-state index contributed by atoms with van der Waals surface area (Å²) in [5.74, 6) is -0.181. The van der Waals surface area contributed by atoms with Gasteiger partial charge in [0.05, 0.1) is 25.9 Å². The lowest BCUT2D eigenvalue weighted by Crippen LogP contribution is -2.28. The second-order valence-electron chi connectivity index (χ2n) is 4.17. The molecule has 1 amide bonds. The number of amides is 1. The highest BCUT2D eigenvalue weighted by molar-refractivity contribution is 5.92. The number of nitrogens with one attached hydrogen (secondary N) is 1. The van der Waals surface area contributed by atoms with Crippen molar-refractivity contribution in [2.24, 2.45) is 0 Å². The molecule has 0 aliphatic heterocycles. The van der Waals surface area contributed by atoms with Gasteiger partial charge in [-0.15, -0.1) is 0 Å². The summed E-state index contributed by atoms with van der Waals surface area (Å²) in [6.07, 6.45) is 2.87. The van der Waals surface area contributed by atoms with E-state index in [4.69, 9.17) is 9.47 Å². The molecular formula is C14H22N2O3. The van der Waals surface area contributed by atoms with Crippen LogP contribution >= 0.6 is 0 Å². The Hall–Kier alpha value is -1.46. The van der Waals surface area contributed by atoms with Crippen LogP contribution in [0.2, 0.25) is 0 Å². The maximum absolute atomic E-state index is 11.6. The van der Waals surface area contributed by atoms with Crippen LogP contribution in [0.4, 0.5) is 0 Å². The molecule has 1 unspecified atom stereocenters. The highest BCUT2D eigenvalue weighted by Crippen LogP contribution is 1.95. The van der Waals surface area contributed by atoms with Crippen LogP contribution in [0.1, 0.15) is 30.8 Å².